The summed E-state index contributed by atoms with van der Waals surface area (Å²) >= 11 is 12.0. The molecule has 0 bridgehead atoms. The summed E-state index contributed by atoms with van der Waals surface area (Å²) < 4.78 is 7.16. The molecule has 2 aromatic carbocycles. The lowest BCUT2D eigenvalue weighted by Crippen LogP contribution is -1.99. The Morgan fingerprint density at radius 3 is 2.64 bits per heavy atom. The van der Waals surface area contributed by atoms with Crippen LogP contribution < -0.4 is 4.74 Å². The summed E-state index contributed by atoms with van der Waals surface area (Å²) in [6, 6.07) is 12.6. The quantitative estimate of drug-likeness (QED) is 0.559. The number of hydrogen-bond donors (Lipinski definition) is 0. The van der Waals surface area contributed by atoms with Crippen LogP contribution in [0.5, 0.6) is 11.6 Å². The standard InChI is InChI=1S/C14H7Cl2N5O/c15-8-5-6-12(11(16)7-8)22-14-10-4-2-1-3-9(10)13-17-19-20-21(13)18-14/h1-7H. The maximum absolute atomic E-state index is 6.14. The van der Waals surface area contributed by atoms with E-state index in [4.69, 9.17) is 27.9 Å². The normalized spacial score (nSPS) is 11.2. The Labute approximate surface area is 134 Å². The average Bonchev–Trinajstić information content (AvgIpc) is 2.99. The molecule has 0 fully saturated rings. The van der Waals surface area contributed by atoms with Crippen molar-refractivity contribution in [3.05, 3.63) is 52.5 Å². The van der Waals surface area contributed by atoms with E-state index in [2.05, 4.69) is 20.6 Å². The van der Waals surface area contributed by atoms with E-state index in [-0.39, 0.29) is 0 Å². The number of fused-ring (bicyclic) bond motifs is 3. The van der Waals surface area contributed by atoms with Gasteiger partial charge in [0.15, 0.2) is 0 Å². The first-order chi connectivity index (χ1) is 10.7. The minimum Gasteiger partial charge on any atom is -0.435 e. The van der Waals surface area contributed by atoms with Gasteiger partial charge in [-0.05, 0) is 34.7 Å². The lowest BCUT2D eigenvalue weighted by atomic mass is 10.2. The van der Waals surface area contributed by atoms with Crippen molar-refractivity contribution in [2.24, 2.45) is 0 Å². The SMILES string of the molecule is Clc1ccc(Oc2nn3nnnc3c3ccccc23)c(Cl)c1. The van der Waals surface area contributed by atoms with Gasteiger partial charge in [0.1, 0.15) is 5.75 Å². The third-order valence-electron chi connectivity index (χ3n) is 3.14. The number of tetrazole rings is 1. The number of nitrogens with zero attached hydrogens (tertiary/aromatic N) is 5. The van der Waals surface area contributed by atoms with Gasteiger partial charge in [-0.25, -0.2) is 0 Å². The van der Waals surface area contributed by atoms with Crippen LogP contribution in [-0.4, -0.2) is 25.3 Å². The molecule has 0 N–H and O–H groups in total. The molecule has 4 rings (SSSR count). The molecule has 2 aromatic heterocycles. The van der Waals surface area contributed by atoms with Crippen LogP contribution in [0.25, 0.3) is 16.4 Å². The molecule has 0 spiro atoms. The van der Waals surface area contributed by atoms with E-state index in [0.717, 1.165) is 10.8 Å². The summed E-state index contributed by atoms with van der Waals surface area (Å²) in [5.74, 6) is 0.816. The van der Waals surface area contributed by atoms with Gasteiger partial charge in [-0.3, -0.25) is 0 Å². The molecular formula is C14H7Cl2N5O. The van der Waals surface area contributed by atoms with E-state index in [1.807, 2.05) is 24.3 Å². The van der Waals surface area contributed by atoms with Crippen LogP contribution in [0, 0.1) is 0 Å². The average molecular weight is 332 g/mol. The molecule has 0 saturated heterocycles. The molecular weight excluding hydrogens is 325 g/mol. The molecule has 2 heterocycles. The molecule has 108 valence electrons. The summed E-state index contributed by atoms with van der Waals surface area (Å²) in [5.41, 5.74) is 0.560. The van der Waals surface area contributed by atoms with E-state index in [9.17, 15) is 0 Å². The Hall–Kier alpha value is -2.44. The van der Waals surface area contributed by atoms with Crippen LogP contribution in [0.4, 0.5) is 0 Å². The molecule has 0 unspecified atom stereocenters. The van der Waals surface area contributed by atoms with E-state index in [1.54, 1.807) is 18.2 Å². The van der Waals surface area contributed by atoms with E-state index < -0.39 is 0 Å². The first-order valence-electron chi connectivity index (χ1n) is 6.32. The maximum atomic E-state index is 6.14. The van der Waals surface area contributed by atoms with Crippen LogP contribution in [0.2, 0.25) is 10.0 Å². The van der Waals surface area contributed by atoms with Crippen molar-refractivity contribution in [1.29, 1.82) is 0 Å². The fourth-order valence-corrected chi connectivity index (χ4v) is 2.60. The summed E-state index contributed by atoms with van der Waals surface area (Å²) in [6.07, 6.45) is 0. The highest BCUT2D eigenvalue weighted by atomic mass is 35.5. The van der Waals surface area contributed by atoms with E-state index in [1.165, 1.54) is 4.63 Å². The molecule has 6 nitrogen and oxygen atoms in total. The van der Waals surface area contributed by atoms with Gasteiger partial charge in [-0.15, -0.1) is 14.8 Å². The van der Waals surface area contributed by atoms with Crippen LogP contribution in [0.15, 0.2) is 42.5 Å². The zero-order valence-corrected chi connectivity index (χ0v) is 12.5. The summed E-state index contributed by atoms with van der Waals surface area (Å²) in [6.45, 7) is 0. The van der Waals surface area contributed by atoms with Crippen LogP contribution in [0.3, 0.4) is 0 Å². The number of ether oxygens (including phenoxy) is 1. The third-order valence-corrected chi connectivity index (χ3v) is 3.67. The van der Waals surface area contributed by atoms with Crippen molar-refractivity contribution >= 4 is 39.6 Å². The highest BCUT2D eigenvalue weighted by molar-refractivity contribution is 6.35. The Morgan fingerprint density at radius 1 is 1.00 bits per heavy atom. The number of hydrogen-bond acceptors (Lipinski definition) is 5. The molecule has 0 atom stereocenters. The maximum Gasteiger partial charge on any atom is 0.247 e. The van der Waals surface area contributed by atoms with Gasteiger partial charge in [-0.2, -0.15) is 0 Å². The Balaban J connectivity index is 1.92. The van der Waals surface area contributed by atoms with Gasteiger partial charge in [0.05, 0.1) is 5.02 Å². The molecule has 0 radical (unpaired) electrons. The Bertz CT molecular complexity index is 1000. The van der Waals surface area contributed by atoms with Crippen molar-refractivity contribution in [2.75, 3.05) is 0 Å². The number of aromatic nitrogens is 5. The Kier molecular flexibility index (Phi) is 3.06. The second-order valence-corrected chi connectivity index (χ2v) is 5.36. The summed E-state index contributed by atoms with van der Waals surface area (Å²) in [7, 11) is 0. The fourth-order valence-electron chi connectivity index (χ4n) is 2.15. The van der Waals surface area contributed by atoms with Crippen LogP contribution >= 0.6 is 23.2 Å². The molecule has 0 aliphatic carbocycles. The van der Waals surface area contributed by atoms with E-state index in [0.29, 0.717) is 27.3 Å². The van der Waals surface area contributed by atoms with Gasteiger partial charge >= 0.3 is 0 Å². The molecule has 4 aromatic rings. The molecule has 0 amide bonds. The monoisotopic (exact) mass is 331 g/mol. The number of halogens is 2. The molecule has 22 heavy (non-hydrogen) atoms. The van der Waals surface area contributed by atoms with Crippen molar-refractivity contribution in [1.82, 2.24) is 25.3 Å². The van der Waals surface area contributed by atoms with Gasteiger partial charge in [0, 0.05) is 15.8 Å². The first kappa shape index (κ1) is 13.2. The summed E-state index contributed by atoms with van der Waals surface area (Å²) in [5, 5.41) is 18.3. The van der Waals surface area contributed by atoms with Gasteiger partial charge in [-0.1, -0.05) is 41.4 Å². The smallest absolute Gasteiger partial charge is 0.247 e. The fraction of sp³-hybridized carbons (Fsp3) is 0. The van der Waals surface area contributed by atoms with Gasteiger partial charge < -0.3 is 4.74 Å². The minimum atomic E-state index is 0.361. The highest BCUT2D eigenvalue weighted by Gasteiger charge is 2.13. The lowest BCUT2D eigenvalue weighted by Gasteiger charge is -2.09. The number of benzene rings is 2. The van der Waals surface area contributed by atoms with Crippen molar-refractivity contribution in [2.45, 2.75) is 0 Å². The topological polar surface area (TPSA) is 65.2 Å². The highest BCUT2D eigenvalue weighted by Crippen LogP contribution is 2.34. The van der Waals surface area contributed by atoms with Gasteiger partial charge in [0.25, 0.3) is 0 Å². The zero-order valence-electron chi connectivity index (χ0n) is 10.9. The van der Waals surface area contributed by atoms with Crippen LogP contribution in [-0.2, 0) is 0 Å². The predicted octanol–water partition coefficient (Wildman–Crippen LogP) is 3.77. The van der Waals surface area contributed by atoms with E-state index >= 15 is 0 Å². The van der Waals surface area contributed by atoms with Crippen molar-refractivity contribution in [3.8, 4) is 11.6 Å². The van der Waals surface area contributed by atoms with Crippen LogP contribution in [0.1, 0.15) is 0 Å². The molecule has 0 aliphatic heterocycles. The predicted molar refractivity (Wildman–Crippen MR) is 82.6 cm³/mol. The zero-order chi connectivity index (χ0) is 15.1. The molecule has 8 heteroatoms. The lowest BCUT2D eigenvalue weighted by molar-refractivity contribution is 0.454. The second-order valence-electron chi connectivity index (χ2n) is 4.52. The first-order valence-corrected chi connectivity index (χ1v) is 7.08. The second kappa shape index (κ2) is 5.08. The summed E-state index contributed by atoms with van der Waals surface area (Å²) in [4.78, 5) is 0. The molecule has 0 saturated carbocycles. The van der Waals surface area contributed by atoms with Crippen molar-refractivity contribution in [3.63, 3.8) is 0 Å². The van der Waals surface area contributed by atoms with Gasteiger partial charge in [0.2, 0.25) is 11.5 Å². The Morgan fingerprint density at radius 2 is 1.82 bits per heavy atom. The molecule has 0 aliphatic rings. The van der Waals surface area contributed by atoms with Crippen molar-refractivity contribution < 1.29 is 4.74 Å². The minimum absolute atomic E-state index is 0.361. The number of rotatable bonds is 2. The third kappa shape index (κ3) is 2.13. The largest absolute Gasteiger partial charge is 0.435 e.